The predicted octanol–water partition coefficient (Wildman–Crippen LogP) is 1.66. The molecule has 0 aromatic heterocycles. The van der Waals surface area contributed by atoms with E-state index in [2.05, 4.69) is 17.2 Å². The summed E-state index contributed by atoms with van der Waals surface area (Å²) in [6.07, 6.45) is 0.853. The zero-order chi connectivity index (χ0) is 15.8. The maximum absolute atomic E-state index is 12.2. The number of urea groups is 1. The van der Waals surface area contributed by atoms with Gasteiger partial charge in [-0.05, 0) is 24.5 Å². The van der Waals surface area contributed by atoms with Crippen molar-refractivity contribution in [1.82, 2.24) is 5.32 Å². The minimum absolute atomic E-state index is 0.0931. The van der Waals surface area contributed by atoms with Crippen LogP contribution in [0.2, 0.25) is 0 Å². The Morgan fingerprint density at radius 3 is 2.81 bits per heavy atom. The van der Waals surface area contributed by atoms with Crippen LogP contribution in [0.4, 0.5) is 10.5 Å². The molecule has 2 amide bonds. The van der Waals surface area contributed by atoms with Gasteiger partial charge in [-0.2, -0.15) is 0 Å². The van der Waals surface area contributed by atoms with Crippen molar-refractivity contribution < 1.29 is 9.53 Å². The number of rotatable bonds is 5. The first kappa shape index (κ1) is 17.0. The summed E-state index contributed by atoms with van der Waals surface area (Å²) in [7, 11) is 3.31. The molecule has 6 heteroatoms. The third-order valence-corrected chi connectivity index (χ3v) is 3.15. The van der Waals surface area contributed by atoms with Gasteiger partial charge in [0.25, 0.3) is 0 Å². The van der Waals surface area contributed by atoms with Crippen molar-refractivity contribution in [2.24, 2.45) is 10.7 Å². The SMILES string of the molecule is CCc1cccc(C)c1N(C)C(=O)NC(N)=NCCOC. The van der Waals surface area contributed by atoms with Crippen LogP contribution >= 0.6 is 0 Å². The number of para-hydroxylation sites is 1. The Hall–Kier alpha value is -2.08. The van der Waals surface area contributed by atoms with Gasteiger partial charge in [0.2, 0.25) is 0 Å². The minimum Gasteiger partial charge on any atom is -0.383 e. The molecule has 0 saturated carbocycles. The molecular formula is C15H24N4O2. The lowest BCUT2D eigenvalue weighted by atomic mass is 10.1. The second-order valence-corrected chi connectivity index (χ2v) is 4.69. The Morgan fingerprint density at radius 1 is 1.48 bits per heavy atom. The van der Waals surface area contributed by atoms with Crippen LogP contribution in [0.15, 0.2) is 23.2 Å². The van der Waals surface area contributed by atoms with Gasteiger partial charge in [0.1, 0.15) is 0 Å². The summed E-state index contributed by atoms with van der Waals surface area (Å²) in [5.74, 6) is 0.0931. The number of hydrogen-bond donors (Lipinski definition) is 2. The van der Waals surface area contributed by atoms with Crippen LogP contribution in [-0.4, -0.2) is 39.3 Å². The molecule has 0 radical (unpaired) electrons. The third kappa shape index (κ3) is 4.75. The zero-order valence-corrected chi connectivity index (χ0v) is 13.1. The van der Waals surface area contributed by atoms with Crippen molar-refractivity contribution in [3.8, 4) is 0 Å². The zero-order valence-electron chi connectivity index (χ0n) is 13.1. The number of aliphatic imine (C=N–C) groups is 1. The lowest BCUT2D eigenvalue weighted by Crippen LogP contribution is -2.45. The van der Waals surface area contributed by atoms with Gasteiger partial charge in [-0.3, -0.25) is 15.2 Å². The molecule has 0 spiro atoms. The predicted molar refractivity (Wildman–Crippen MR) is 85.9 cm³/mol. The normalized spacial score (nSPS) is 11.3. The number of guanidine groups is 1. The van der Waals surface area contributed by atoms with Crippen molar-refractivity contribution in [2.45, 2.75) is 20.3 Å². The van der Waals surface area contributed by atoms with Crippen LogP contribution in [0.25, 0.3) is 0 Å². The second-order valence-electron chi connectivity index (χ2n) is 4.69. The quantitative estimate of drug-likeness (QED) is 0.492. The molecule has 0 aliphatic heterocycles. The molecule has 0 bridgehead atoms. The van der Waals surface area contributed by atoms with Gasteiger partial charge in [-0.25, -0.2) is 4.79 Å². The van der Waals surface area contributed by atoms with E-state index in [0.29, 0.717) is 13.2 Å². The van der Waals surface area contributed by atoms with Crippen LogP contribution in [0.5, 0.6) is 0 Å². The van der Waals surface area contributed by atoms with E-state index < -0.39 is 0 Å². The average molecular weight is 292 g/mol. The highest BCUT2D eigenvalue weighted by Crippen LogP contribution is 2.24. The van der Waals surface area contributed by atoms with Crippen molar-refractivity contribution in [3.63, 3.8) is 0 Å². The Morgan fingerprint density at radius 2 is 2.19 bits per heavy atom. The maximum atomic E-state index is 12.2. The third-order valence-electron chi connectivity index (χ3n) is 3.15. The summed E-state index contributed by atoms with van der Waals surface area (Å²) >= 11 is 0. The standard InChI is InChI=1S/C15H24N4O2/c1-5-12-8-6-7-11(2)13(12)19(3)15(20)18-14(16)17-9-10-21-4/h6-8H,5,9-10H2,1-4H3,(H3,16,17,18,20). The van der Waals surface area contributed by atoms with Crippen LogP contribution < -0.4 is 16.0 Å². The Labute approximate surface area is 126 Å². The van der Waals surface area contributed by atoms with Gasteiger partial charge in [-0.1, -0.05) is 25.1 Å². The van der Waals surface area contributed by atoms with Gasteiger partial charge in [0.15, 0.2) is 5.96 Å². The first-order chi connectivity index (χ1) is 10.0. The molecule has 0 aliphatic carbocycles. The largest absolute Gasteiger partial charge is 0.383 e. The number of ether oxygens (including phenoxy) is 1. The molecule has 0 aliphatic rings. The summed E-state index contributed by atoms with van der Waals surface area (Å²) in [5, 5.41) is 2.57. The van der Waals surface area contributed by atoms with Crippen molar-refractivity contribution in [3.05, 3.63) is 29.3 Å². The summed E-state index contributed by atoms with van der Waals surface area (Å²) in [4.78, 5) is 17.8. The van der Waals surface area contributed by atoms with Gasteiger partial charge in [0, 0.05) is 14.2 Å². The molecule has 0 atom stereocenters. The second kappa shape index (κ2) is 8.26. The molecule has 0 fully saturated rings. The smallest absolute Gasteiger partial charge is 0.328 e. The number of aryl methyl sites for hydroxylation is 2. The Balaban J connectivity index is 2.82. The minimum atomic E-state index is -0.308. The van der Waals surface area contributed by atoms with Gasteiger partial charge >= 0.3 is 6.03 Å². The van der Waals surface area contributed by atoms with E-state index in [1.807, 2.05) is 25.1 Å². The number of amides is 2. The highest BCUT2D eigenvalue weighted by molar-refractivity contribution is 6.03. The highest BCUT2D eigenvalue weighted by Gasteiger charge is 2.16. The van der Waals surface area contributed by atoms with E-state index in [1.54, 1.807) is 19.1 Å². The maximum Gasteiger partial charge on any atom is 0.328 e. The Kier molecular flexibility index (Phi) is 6.68. The number of carbonyl (C=O) groups is 1. The summed E-state index contributed by atoms with van der Waals surface area (Å²) in [6, 6.07) is 5.68. The number of nitrogens with zero attached hydrogens (tertiary/aromatic N) is 2. The first-order valence-electron chi connectivity index (χ1n) is 6.93. The van der Waals surface area contributed by atoms with Crippen LogP contribution in [-0.2, 0) is 11.2 Å². The highest BCUT2D eigenvalue weighted by atomic mass is 16.5. The van der Waals surface area contributed by atoms with E-state index >= 15 is 0 Å². The van der Waals surface area contributed by atoms with Gasteiger partial charge < -0.3 is 10.5 Å². The van der Waals surface area contributed by atoms with Gasteiger partial charge in [0.05, 0.1) is 18.8 Å². The molecule has 1 aromatic rings. The molecule has 0 heterocycles. The molecule has 3 N–H and O–H groups in total. The topological polar surface area (TPSA) is 80.0 Å². The van der Waals surface area contributed by atoms with E-state index in [4.69, 9.17) is 10.5 Å². The number of nitrogens with one attached hydrogen (secondary N) is 1. The molecular weight excluding hydrogens is 268 g/mol. The number of methoxy groups -OCH3 is 1. The average Bonchev–Trinajstić information content (AvgIpc) is 2.46. The van der Waals surface area contributed by atoms with Crippen molar-refractivity contribution in [1.29, 1.82) is 0 Å². The van der Waals surface area contributed by atoms with E-state index in [-0.39, 0.29) is 12.0 Å². The fourth-order valence-electron chi connectivity index (χ4n) is 2.08. The van der Waals surface area contributed by atoms with Crippen molar-refractivity contribution >= 4 is 17.7 Å². The molecule has 6 nitrogen and oxygen atoms in total. The van der Waals surface area contributed by atoms with Crippen molar-refractivity contribution in [2.75, 3.05) is 32.2 Å². The number of benzene rings is 1. The molecule has 21 heavy (non-hydrogen) atoms. The lowest BCUT2D eigenvalue weighted by molar-refractivity contribution is 0.208. The number of anilines is 1. The lowest BCUT2D eigenvalue weighted by Gasteiger charge is -2.22. The summed E-state index contributed by atoms with van der Waals surface area (Å²) in [5.41, 5.74) is 8.74. The molecule has 1 aromatic carbocycles. The van der Waals surface area contributed by atoms with Crippen LogP contribution in [0.3, 0.4) is 0 Å². The fourth-order valence-corrected chi connectivity index (χ4v) is 2.08. The Bertz CT molecular complexity index is 514. The molecule has 116 valence electrons. The first-order valence-corrected chi connectivity index (χ1v) is 6.93. The summed E-state index contributed by atoms with van der Waals surface area (Å²) < 4.78 is 4.87. The fraction of sp³-hybridized carbons (Fsp3) is 0.467. The van der Waals surface area contributed by atoms with Gasteiger partial charge in [-0.15, -0.1) is 0 Å². The molecule has 0 saturated heterocycles. The van der Waals surface area contributed by atoms with E-state index in [0.717, 1.165) is 23.2 Å². The van der Waals surface area contributed by atoms with Crippen LogP contribution in [0, 0.1) is 6.92 Å². The monoisotopic (exact) mass is 292 g/mol. The van der Waals surface area contributed by atoms with E-state index in [1.165, 1.54) is 0 Å². The van der Waals surface area contributed by atoms with E-state index in [9.17, 15) is 4.79 Å². The number of carbonyl (C=O) groups excluding carboxylic acids is 1. The summed E-state index contributed by atoms with van der Waals surface area (Å²) in [6.45, 7) is 4.92. The molecule has 0 unspecified atom stereocenters. The number of nitrogens with two attached hydrogens (primary N) is 1. The van der Waals surface area contributed by atoms with Crippen LogP contribution in [0.1, 0.15) is 18.1 Å². The molecule has 1 rings (SSSR count). The number of hydrogen-bond acceptors (Lipinski definition) is 3.